The number of nitrogens with two attached hydrogens (primary N) is 1. The van der Waals surface area contributed by atoms with Gasteiger partial charge in [-0.1, -0.05) is 66.5 Å². The van der Waals surface area contributed by atoms with Crippen molar-refractivity contribution in [3.05, 3.63) is 29.8 Å². The number of para-hydroxylation sites is 1. The third kappa shape index (κ3) is 4.55. The normalized spacial score (nSPS) is 34.9. The molecule has 1 aromatic carbocycles. The molecule has 2 aliphatic rings. The van der Waals surface area contributed by atoms with Crippen LogP contribution < -0.4 is 5.73 Å². The Morgan fingerprint density at radius 2 is 1.67 bits per heavy atom. The van der Waals surface area contributed by atoms with E-state index in [4.69, 9.17) is 10.5 Å². The molecule has 168 valence electrons. The molecule has 3 nitrogen and oxygen atoms in total. The van der Waals surface area contributed by atoms with Gasteiger partial charge in [0, 0.05) is 17.5 Å². The summed E-state index contributed by atoms with van der Waals surface area (Å²) < 4.78 is 6.74. The highest BCUT2D eigenvalue weighted by molar-refractivity contribution is 5.95. The monoisotopic (exact) mass is 413 g/mol. The number of rotatable bonds is 5. The maximum Gasteiger partial charge on any atom is 0.340 e. The van der Waals surface area contributed by atoms with E-state index in [1.165, 1.54) is 19.3 Å². The van der Waals surface area contributed by atoms with E-state index >= 15 is 0 Å². The molecule has 0 aliphatic heterocycles. The SMILES string of the molecule is CC1CCC(C(C)C)C(C2(OC(=O)c3ccccc3N)CC(C)CCC2C(C)C)C1. The minimum atomic E-state index is -0.394. The molecule has 0 amide bonds. The number of nitrogen functional groups attached to an aromatic ring is 1. The number of benzene rings is 1. The molecule has 2 aliphatic carbocycles. The summed E-state index contributed by atoms with van der Waals surface area (Å²) in [6, 6.07) is 7.36. The van der Waals surface area contributed by atoms with Gasteiger partial charge in [-0.2, -0.15) is 0 Å². The average molecular weight is 414 g/mol. The minimum Gasteiger partial charge on any atom is -0.455 e. The summed E-state index contributed by atoms with van der Waals surface area (Å²) in [5.74, 6) is 3.55. The van der Waals surface area contributed by atoms with Gasteiger partial charge in [0.15, 0.2) is 0 Å². The van der Waals surface area contributed by atoms with Gasteiger partial charge in [0.1, 0.15) is 5.60 Å². The van der Waals surface area contributed by atoms with Crippen LogP contribution in [0.5, 0.6) is 0 Å². The van der Waals surface area contributed by atoms with Gasteiger partial charge in [0.05, 0.1) is 5.56 Å². The second kappa shape index (κ2) is 9.32. The van der Waals surface area contributed by atoms with Crippen LogP contribution in [0.1, 0.15) is 90.4 Å². The molecule has 3 heteroatoms. The molecule has 6 unspecified atom stereocenters. The molecule has 0 heterocycles. The molecule has 0 radical (unpaired) electrons. The number of hydrogen-bond donors (Lipinski definition) is 1. The molecule has 3 rings (SSSR count). The van der Waals surface area contributed by atoms with Gasteiger partial charge < -0.3 is 10.5 Å². The standard InChI is InChI=1S/C27H43NO2/c1-17(2)21-13-11-19(5)15-24(21)27(16-20(6)12-14-23(27)18(3)4)30-26(29)22-9-7-8-10-25(22)28/h7-10,17-21,23-24H,11-16,28H2,1-6H3. The van der Waals surface area contributed by atoms with Gasteiger partial charge in [-0.15, -0.1) is 0 Å². The van der Waals surface area contributed by atoms with Crippen LogP contribution in [0.4, 0.5) is 5.69 Å². The number of hydrogen-bond acceptors (Lipinski definition) is 3. The Kier molecular flexibility index (Phi) is 7.20. The summed E-state index contributed by atoms with van der Waals surface area (Å²) in [7, 11) is 0. The molecule has 0 aromatic heterocycles. The first-order chi connectivity index (χ1) is 14.2. The van der Waals surface area contributed by atoms with Crippen molar-refractivity contribution in [3.63, 3.8) is 0 Å². The van der Waals surface area contributed by atoms with Gasteiger partial charge in [-0.25, -0.2) is 4.79 Å². The van der Waals surface area contributed by atoms with Gasteiger partial charge in [0.2, 0.25) is 0 Å². The summed E-state index contributed by atoms with van der Waals surface area (Å²) in [5, 5.41) is 0. The van der Waals surface area contributed by atoms with E-state index in [-0.39, 0.29) is 5.97 Å². The Morgan fingerprint density at radius 1 is 1.00 bits per heavy atom. The highest BCUT2D eigenvalue weighted by Gasteiger charge is 2.55. The van der Waals surface area contributed by atoms with E-state index in [2.05, 4.69) is 41.5 Å². The van der Waals surface area contributed by atoms with Crippen molar-refractivity contribution >= 4 is 11.7 Å². The number of anilines is 1. The average Bonchev–Trinajstić information content (AvgIpc) is 2.67. The van der Waals surface area contributed by atoms with Crippen LogP contribution in [0.25, 0.3) is 0 Å². The van der Waals surface area contributed by atoms with E-state index < -0.39 is 5.60 Å². The van der Waals surface area contributed by atoms with Crippen molar-refractivity contribution in [2.24, 2.45) is 41.4 Å². The Hall–Kier alpha value is -1.51. The molecule has 0 saturated heterocycles. The Bertz CT molecular complexity index is 727. The molecule has 0 spiro atoms. The maximum absolute atomic E-state index is 13.5. The third-order valence-electron chi connectivity index (χ3n) is 8.18. The predicted molar refractivity (Wildman–Crippen MR) is 125 cm³/mol. The lowest BCUT2D eigenvalue weighted by molar-refractivity contribution is -0.159. The van der Waals surface area contributed by atoms with Gasteiger partial charge >= 0.3 is 5.97 Å². The van der Waals surface area contributed by atoms with Crippen molar-refractivity contribution in [2.75, 3.05) is 5.73 Å². The van der Waals surface area contributed by atoms with E-state index in [0.29, 0.717) is 52.7 Å². The van der Waals surface area contributed by atoms with Crippen molar-refractivity contribution in [1.29, 1.82) is 0 Å². The Morgan fingerprint density at radius 3 is 2.30 bits per heavy atom. The van der Waals surface area contributed by atoms with Crippen LogP contribution in [0, 0.1) is 41.4 Å². The minimum absolute atomic E-state index is 0.228. The topological polar surface area (TPSA) is 52.3 Å². The molecule has 30 heavy (non-hydrogen) atoms. The van der Waals surface area contributed by atoms with E-state index in [1.807, 2.05) is 18.2 Å². The molecule has 1 aromatic rings. The lowest BCUT2D eigenvalue weighted by Gasteiger charge is -2.56. The number of ether oxygens (including phenoxy) is 1. The lowest BCUT2D eigenvalue weighted by Crippen LogP contribution is -2.57. The first-order valence-electron chi connectivity index (χ1n) is 12.2. The zero-order chi connectivity index (χ0) is 22.1. The van der Waals surface area contributed by atoms with Gasteiger partial charge in [-0.3, -0.25) is 0 Å². The molecular formula is C27H43NO2. The molecule has 0 bridgehead atoms. The van der Waals surface area contributed by atoms with Crippen LogP contribution in [-0.4, -0.2) is 11.6 Å². The van der Waals surface area contributed by atoms with Crippen LogP contribution in [-0.2, 0) is 4.74 Å². The number of carbonyl (C=O) groups excluding carboxylic acids is 1. The second-order valence-corrected chi connectivity index (χ2v) is 11.1. The molecule has 2 saturated carbocycles. The summed E-state index contributed by atoms with van der Waals surface area (Å²) in [6.07, 6.45) is 7.05. The van der Waals surface area contributed by atoms with E-state index in [1.54, 1.807) is 6.07 Å². The van der Waals surface area contributed by atoms with E-state index in [0.717, 1.165) is 19.3 Å². The van der Waals surface area contributed by atoms with Crippen LogP contribution in [0.15, 0.2) is 24.3 Å². The molecule has 2 fully saturated rings. The van der Waals surface area contributed by atoms with Crippen LogP contribution in [0.2, 0.25) is 0 Å². The zero-order valence-corrected chi connectivity index (χ0v) is 20.0. The molecular weight excluding hydrogens is 370 g/mol. The lowest BCUT2D eigenvalue weighted by atomic mass is 9.54. The fourth-order valence-electron chi connectivity index (χ4n) is 6.70. The third-order valence-corrected chi connectivity index (χ3v) is 8.18. The fourth-order valence-corrected chi connectivity index (χ4v) is 6.70. The van der Waals surface area contributed by atoms with Gasteiger partial charge in [0.25, 0.3) is 0 Å². The highest BCUT2D eigenvalue weighted by Crippen LogP contribution is 2.55. The van der Waals surface area contributed by atoms with E-state index in [9.17, 15) is 4.79 Å². The first-order valence-corrected chi connectivity index (χ1v) is 12.2. The van der Waals surface area contributed by atoms with Crippen LogP contribution in [0.3, 0.4) is 0 Å². The van der Waals surface area contributed by atoms with Gasteiger partial charge in [-0.05, 0) is 67.4 Å². The Balaban J connectivity index is 2.07. The fraction of sp³-hybridized carbons (Fsp3) is 0.741. The molecule has 6 atom stereocenters. The summed E-state index contributed by atoms with van der Waals surface area (Å²) >= 11 is 0. The van der Waals surface area contributed by atoms with Crippen LogP contribution >= 0.6 is 0 Å². The smallest absolute Gasteiger partial charge is 0.340 e. The maximum atomic E-state index is 13.5. The summed E-state index contributed by atoms with van der Waals surface area (Å²) in [5.41, 5.74) is 6.80. The second-order valence-electron chi connectivity index (χ2n) is 11.1. The molecule has 2 N–H and O–H groups in total. The number of carbonyl (C=O) groups is 1. The van der Waals surface area contributed by atoms with Crippen molar-refractivity contribution in [1.82, 2.24) is 0 Å². The van der Waals surface area contributed by atoms with Crippen molar-refractivity contribution in [3.8, 4) is 0 Å². The largest absolute Gasteiger partial charge is 0.455 e. The Labute approximate surface area is 184 Å². The quantitative estimate of drug-likeness (QED) is 0.419. The zero-order valence-electron chi connectivity index (χ0n) is 20.0. The summed E-state index contributed by atoms with van der Waals surface area (Å²) in [4.78, 5) is 13.5. The van der Waals surface area contributed by atoms with Crippen molar-refractivity contribution in [2.45, 2.75) is 85.7 Å². The van der Waals surface area contributed by atoms with Crippen molar-refractivity contribution < 1.29 is 9.53 Å². The predicted octanol–water partition coefficient (Wildman–Crippen LogP) is 6.97. The summed E-state index contributed by atoms with van der Waals surface area (Å²) in [6.45, 7) is 14.1. The highest BCUT2D eigenvalue weighted by atomic mass is 16.6. The first kappa shape index (κ1) is 23.2. The number of esters is 1.